The van der Waals surface area contributed by atoms with Crippen molar-refractivity contribution in [1.82, 2.24) is 14.1 Å². The van der Waals surface area contributed by atoms with Gasteiger partial charge in [-0.25, -0.2) is 4.98 Å². The Labute approximate surface area is 359 Å². The topological polar surface area (TPSA) is 22.8 Å². The Morgan fingerprint density at radius 1 is 0.600 bits per heavy atom. The predicted molar refractivity (Wildman–Crippen MR) is 260 cm³/mol. The Balaban J connectivity index is 1.29. The second kappa shape index (κ2) is 20.2. The average Bonchev–Trinajstić information content (AvgIpc) is 3.80. The lowest BCUT2D eigenvalue weighted by molar-refractivity contribution is 0.607. The highest BCUT2D eigenvalue weighted by Gasteiger charge is 2.24. The molecule has 1 aliphatic rings. The van der Waals surface area contributed by atoms with Gasteiger partial charge in [0.05, 0.1) is 33.6 Å². The van der Waals surface area contributed by atoms with E-state index in [0.29, 0.717) is 0 Å². The molecule has 8 rings (SSSR count). The second-order valence-electron chi connectivity index (χ2n) is 17.1. The van der Waals surface area contributed by atoms with Gasteiger partial charge in [0.1, 0.15) is 0 Å². The maximum Gasteiger partial charge on any atom is 0.0785 e. The molecule has 4 aromatic carbocycles. The van der Waals surface area contributed by atoms with Crippen LogP contribution in [0.25, 0.3) is 67.0 Å². The van der Waals surface area contributed by atoms with Crippen molar-refractivity contribution >= 4 is 38.8 Å². The van der Waals surface area contributed by atoms with Gasteiger partial charge in [-0.15, -0.1) is 0 Å². The number of rotatable bonds is 20. The highest BCUT2D eigenvalue weighted by atomic mass is 15.0. The van der Waals surface area contributed by atoms with E-state index in [4.69, 9.17) is 4.98 Å². The molecular weight excluding hydrogens is 727 g/mol. The zero-order chi connectivity index (χ0) is 41.1. The van der Waals surface area contributed by atoms with Gasteiger partial charge in [-0.2, -0.15) is 0 Å². The first-order valence-electron chi connectivity index (χ1n) is 23.4. The van der Waals surface area contributed by atoms with Gasteiger partial charge in [0, 0.05) is 45.1 Å². The minimum Gasteiger partial charge on any atom is -0.338 e. The van der Waals surface area contributed by atoms with E-state index in [2.05, 4.69) is 163 Å². The summed E-state index contributed by atoms with van der Waals surface area (Å²) in [5.41, 5.74) is 15.0. The number of aryl methyl sites for hydroxylation is 2. The Bertz CT molecular complexity index is 2550. The van der Waals surface area contributed by atoms with Crippen LogP contribution < -0.4 is 0 Å². The van der Waals surface area contributed by atoms with Crippen LogP contribution in [0.15, 0.2) is 127 Å². The van der Waals surface area contributed by atoms with E-state index in [1.807, 2.05) is 0 Å². The summed E-state index contributed by atoms with van der Waals surface area (Å²) in [5.74, 6) is 0. The quantitative estimate of drug-likeness (QED) is 0.0557. The van der Waals surface area contributed by atoms with Crippen molar-refractivity contribution in [2.24, 2.45) is 0 Å². The zero-order valence-corrected chi connectivity index (χ0v) is 36.6. The molecule has 0 saturated heterocycles. The van der Waals surface area contributed by atoms with E-state index < -0.39 is 0 Å². The SMILES string of the molecule is C/C=C\C=C/Cn1c2c(c3ccc4c5ccccc5n(-c5cc(-c6cccc(CCCCCCCC)c6)nc(-c6cccc(CCCCCCCC)c6)c5)c4c31)C=CCC2. The monoisotopic (exact) mass is 792 g/mol. The van der Waals surface area contributed by atoms with Crippen molar-refractivity contribution < 1.29 is 0 Å². The van der Waals surface area contributed by atoms with Gasteiger partial charge in [0.25, 0.3) is 0 Å². The van der Waals surface area contributed by atoms with Gasteiger partial charge < -0.3 is 9.13 Å². The molecule has 0 radical (unpaired) electrons. The lowest BCUT2D eigenvalue weighted by Gasteiger charge is -2.16. The Hall–Kier alpha value is -5.41. The largest absolute Gasteiger partial charge is 0.338 e. The van der Waals surface area contributed by atoms with E-state index in [1.165, 1.54) is 143 Å². The van der Waals surface area contributed by atoms with Crippen molar-refractivity contribution in [3.8, 4) is 28.2 Å². The van der Waals surface area contributed by atoms with Crippen molar-refractivity contribution in [1.29, 1.82) is 0 Å². The molecule has 0 N–H and O–H groups in total. The van der Waals surface area contributed by atoms with Crippen LogP contribution in [0, 0.1) is 0 Å². The molecule has 60 heavy (non-hydrogen) atoms. The fraction of sp³-hybridized carbons (Fsp3) is 0.351. The summed E-state index contributed by atoms with van der Waals surface area (Å²) in [7, 11) is 0. The molecule has 0 bridgehead atoms. The Kier molecular flexibility index (Phi) is 13.9. The summed E-state index contributed by atoms with van der Waals surface area (Å²) in [6.45, 7) is 7.50. The minimum absolute atomic E-state index is 0.828. The van der Waals surface area contributed by atoms with Crippen molar-refractivity contribution in [3.05, 3.63) is 150 Å². The van der Waals surface area contributed by atoms with Crippen molar-refractivity contribution in [2.75, 3.05) is 0 Å². The summed E-state index contributed by atoms with van der Waals surface area (Å²) in [6.07, 6.45) is 33.5. The maximum absolute atomic E-state index is 5.53. The smallest absolute Gasteiger partial charge is 0.0785 e. The minimum atomic E-state index is 0.828. The van der Waals surface area contributed by atoms with Crippen molar-refractivity contribution in [3.63, 3.8) is 0 Å². The molecule has 308 valence electrons. The third kappa shape index (κ3) is 9.16. The van der Waals surface area contributed by atoms with Gasteiger partial charge >= 0.3 is 0 Å². The standard InChI is InChI=1S/C57H65N3/c1-4-7-10-13-15-17-26-43-28-24-30-45(39-43)52-41-47(42-53(58-52)46-31-25-29-44(40-46)27-18-16-14-11-8-5-2)60-55-35-22-20-33-49(55)51-37-36-50-48-32-19-21-34-54(48)59(56(50)57(51)60)38-23-12-9-6-3/h6,9,12,19-20,22-25,28-33,35-37,39-42H,4-5,7-8,10-11,13-18,21,26-27,34,38H2,1-3H3/b9-6-,23-12-. The molecule has 7 aromatic rings. The van der Waals surface area contributed by atoms with E-state index in [0.717, 1.165) is 49.3 Å². The first kappa shape index (κ1) is 41.3. The van der Waals surface area contributed by atoms with E-state index in [9.17, 15) is 0 Å². The highest BCUT2D eigenvalue weighted by Crippen LogP contribution is 2.42. The molecule has 3 heteroatoms. The van der Waals surface area contributed by atoms with Crippen LogP contribution >= 0.6 is 0 Å². The number of hydrogen-bond donors (Lipinski definition) is 0. The number of benzene rings is 4. The molecule has 1 aliphatic carbocycles. The number of aromatic nitrogens is 3. The molecule has 0 atom stereocenters. The number of allylic oxidation sites excluding steroid dienone is 5. The number of unbranched alkanes of at least 4 members (excludes halogenated alkanes) is 10. The first-order chi connectivity index (χ1) is 29.7. The number of nitrogens with zero attached hydrogens (tertiary/aromatic N) is 3. The zero-order valence-electron chi connectivity index (χ0n) is 36.6. The molecule has 3 heterocycles. The van der Waals surface area contributed by atoms with E-state index >= 15 is 0 Å². The lowest BCUT2D eigenvalue weighted by atomic mass is 9.99. The fourth-order valence-corrected chi connectivity index (χ4v) is 9.60. The molecule has 0 unspecified atom stereocenters. The fourth-order valence-electron chi connectivity index (χ4n) is 9.60. The molecule has 0 fully saturated rings. The molecule has 0 saturated carbocycles. The van der Waals surface area contributed by atoms with Crippen LogP contribution in [0.2, 0.25) is 0 Å². The summed E-state index contributed by atoms with van der Waals surface area (Å²) >= 11 is 0. The first-order valence-corrected chi connectivity index (χ1v) is 23.4. The van der Waals surface area contributed by atoms with Crippen molar-refractivity contribution in [2.45, 2.75) is 130 Å². The Morgan fingerprint density at radius 3 is 1.90 bits per heavy atom. The molecule has 3 nitrogen and oxygen atoms in total. The van der Waals surface area contributed by atoms with Crippen LogP contribution in [-0.2, 0) is 25.8 Å². The number of fused-ring (bicyclic) bond motifs is 7. The third-order valence-corrected chi connectivity index (χ3v) is 12.7. The van der Waals surface area contributed by atoms with Gasteiger partial charge in [0.2, 0.25) is 0 Å². The van der Waals surface area contributed by atoms with E-state index in [1.54, 1.807) is 0 Å². The van der Waals surface area contributed by atoms with Crippen LogP contribution in [0.3, 0.4) is 0 Å². The molecular formula is C57H65N3. The molecule has 3 aromatic heterocycles. The normalized spacial score (nSPS) is 12.9. The van der Waals surface area contributed by atoms with Gasteiger partial charge in [-0.3, -0.25) is 0 Å². The number of pyridine rings is 1. The maximum atomic E-state index is 5.53. The van der Waals surface area contributed by atoms with Gasteiger partial charge in [-0.05, 0) is 86.9 Å². The number of para-hydroxylation sites is 1. The summed E-state index contributed by atoms with van der Waals surface area (Å²) < 4.78 is 5.16. The average molecular weight is 792 g/mol. The number of hydrogen-bond acceptors (Lipinski definition) is 1. The van der Waals surface area contributed by atoms with Crippen LogP contribution in [0.4, 0.5) is 0 Å². The van der Waals surface area contributed by atoms with Crippen LogP contribution in [0.1, 0.15) is 127 Å². The Morgan fingerprint density at radius 2 is 1.23 bits per heavy atom. The van der Waals surface area contributed by atoms with Crippen LogP contribution in [-0.4, -0.2) is 14.1 Å². The molecule has 0 amide bonds. The molecule has 0 spiro atoms. The van der Waals surface area contributed by atoms with Gasteiger partial charge in [0.15, 0.2) is 0 Å². The van der Waals surface area contributed by atoms with Gasteiger partial charge in [-0.1, -0.05) is 181 Å². The third-order valence-electron chi connectivity index (χ3n) is 12.7. The predicted octanol–water partition coefficient (Wildman–Crippen LogP) is 16.4. The lowest BCUT2D eigenvalue weighted by Crippen LogP contribution is -2.05. The molecule has 0 aliphatic heterocycles. The summed E-state index contributed by atoms with van der Waals surface area (Å²) in [4.78, 5) is 5.53. The van der Waals surface area contributed by atoms with E-state index in [-0.39, 0.29) is 0 Å². The second-order valence-corrected chi connectivity index (χ2v) is 17.1. The summed E-state index contributed by atoms with van der Waals surface area (Å²) in [6, 6.07) is 36.9. The van der Waals surface area contributed by atoms with Crippen LogP contribution in [0.5, 0.6) is 0 Å². The highest BCUT2D eigenvalue weighted by molar-refractivity contribution is 6.19. The summed E-state index contributed by atoms with van der Waals surface area (Å²) in [5, 5.41) is 3.90.